The largest absolute Gasteiger partial charge is 0.481 e. The molecule has 2 aliphatic carbocycles. The SMILES string of the molecule is CCC(C(=O)O)C1(O)CCC2(CCCC2)CC1. The van der Waals surface area contributed by atoms with Gasteiger partial charge in [-0.2, -0.15) is 0 Å². The quantitative estimate of drug-likeness (QED) is 0.797. The second-order valence-corrected chi connectivity index (χ2v) is 6.11. The smallest absolute Gasteiger partial charge is 0.309 e. The van der Waals surface area contributed by atoms with Gasteiger partial charge in [0.1, 0.15) is 0 Å². The normalized spacial score (nSPS) is 28.1. The van der Waals surface area contributed by atoms with Crippen LogP contribution < -0.4 is 0 Å². The molecule has 3 heteroatoms. The molecule has 0 aliphatic heterocycles. The van der Waals surface area contributed by atoms with Crippen molar-refractivity contribution >= 4 is 5.97 Å². The zero-order chi connectivity index (χ0) is 12.5. The van der Waals surface area contributed by atoms with Crippen LogP contribution >= 0.6 is 0 Å². The van der Waals surface area contributed by atoms with Crippen LogP contribution in [0.3, 0.4) is 0 Å². The topological polar surface area (TPSA) is 57.5 Å². The maximum atomic E-state index is 11.2. The number of rotatable bonds is 3. The van der Waals surface area contributed by atoms with E-state index < -0.39 is 17.5 Å². The Morgan fingerprint density at radius 2 is 1.65 bits per heavy atom. The molecule has 0 heterocycles. The van der Waals surface area contributed by atoms with Gasteiger partial charge in [0.25, 0.3) is 0 Å². The van der Waals surface area contributed by atoms with Gasteiger partial charge in [0.2, 0.25) is 0 Å². The van der Waals surface area contributed by atoms with E-state index in [9.17, 15) is 15.0 Å². The Morgan fingerprint density at radius 1 is 1.12 bits per heavy atom. The maximum Gasteiger partial charge on any atom is 0.309 e. The van der Waals surface area contributed by atoms with Crippen LogP contribution in [0.5, 0.6) is 0 Å². The lowest BCUT2D eigenvalue weighted by Crippen LogP contribution is -2.46. The van der Waals surface area contributed by atoms with E-state index in [0.717, 1.165) is 12.8 Å². The van der Waals surface area contributed by atoms with Crippen LogP contribution in [0.25, 0.3) is 0 Å². The molecule has 1 atom stereocenters. The van der Waals surface area contributed by atoms with E-state index in [1.165, 1.54) is 25.7 Å². The molecule has 0 bridgehead atoms. The number of carbonyl (C=O) groups is 1. The number of hydrogen-bond donors (Lipinski definition) is 2. The average molecular weight is 240 g/mol. The Hall–Kier alpha value is -0.570. The number of carboxylic acid groups (broad SMARTS) is 1. The molecule has 2 N–H and O–H groups in total. The third-order valence-electron chi connectivity index (χ3n) is 5.20. The van der Waals surface area contributed by atoms with Gasteiger partial charge in [0, 0.05) is 0 Å². The summed E-state index contributed by atoms with van der Waals surface area (Å²) in [6.07, 6.45) is 9.12. The van der Waals surface area contributed by atoms with Crippen LogP contribution in [0.4, 0.5) is 0 Å². The molecule has 0 aromatic carbocycles. The fourth-order valence-electron chi connectivity index (χ4n) is 3.97. The summed E-state index contributed by atoms with van der Waals surface area (Å²) in [5.41, 5.74) is -0.503. The Labute approximate surface area is 103 Å². The maximum absolute atomic E-state index is 11.2. The monoisotopic (exact) mass is 240 g/mol. The Balaban J connectivity index is 2.03. The highest BCUT2D eigenvalue weighted by Crippen LogP contribution is 2.52. The first-order chi connectivity index (χ1) is 8.01. The highest BCUT2D eigenvalue weighted by Gasteiger charge is 2.48. The lowest BCUT2D eigenvalue weighted by Gasteiger charge is -2.44. The summed E-state index contributed by atoms with van der Waals surface area (Å²) in [6.45, 7) is 1.86. The van der Waals surface area contributed by atoms with Crippen molar-refractivity contribution in [3.63, 3.8) is 0 Å². The van der Waals surface area contributed by atoms with E-state index >= 15 is 0 Å². The first-order valence-electron chi connectivity index (χ1n) is 6.97. The van der Waals surface area contributed by atoms with E-state index in [1.807, 2.05) is 6.92 Å². The second kappa shape index (κ2) is 4.60. The minimum Gasteiger partial charge on any atom is -0.481 e. The molecule has 1 spiro atoms. The molecule has 0 saturated heterocycles. The van der Waals surface area contributed by atoms with Gasteiger partial charge < -0.3 is 10.2 Å². The van der Waals surface area contributed by atoms with Gasteiger partial charge in [-0.3, -0.25) is 4.79 Å². The predicted molar refractivity (Wildman–Crippen MR) is 65.7 cm³/mol. The van der Waals surface area contributed by atoms with Crippen LogP contribution in [0.2, 0.25) is 0 Å². The molecule has 0 aromatic rings. The van der Waals surface area contributed by atoms with Crippen molar-refractivity contribution in [3.05, 3.63) is 0 Å². The van der Waals surface area contributed by atoms with Gasteiger partial charge in [0.05, 0.1) is 11.5 Å². The van der Waals surface area contributed by atoms with Crippen molar-refractivity contribution in [2.75, 3.05) is 0 Å². The summed E-state index contributed by atoms with van der Waals surface area (Å²) in [5.74, 6) is -1.42. The van der Waals surface area contributed by atoms with E-state index in [-0.39, 0.29) is 0 Å². The highest BCUT2D eigenvalue weighted by atomic mass is 16.4. The first-order valence-corrected chi connectivity index (χ1v) is 6.97. The second-order valence-electron chi connectivity index (χ2n) is 6.11. The molecule has 0 amide bonds. The molecule has 0 aromatic heterocycles. The van der Waals surface area contributed by atoms with Crippen LogP contribution in [0, 0.1) is 11.3 Å². The van der Waals surface area contributed by atoms with E-state index in [1.54, 1.807) is 0 Å². The van der Waals surface area contributed by atoms with Gasteiger partial charge in [0.15, 0.2) is 0 Å². The van der Waals surface area contributed by atoms with E-state index in [4.69, 9.17) is 0 Å². The van der Waals surface area contributed by atoms with Crippen LogP contribution in [-0.2, 0) is 4.79 Å². The summed E-state index contributed by atoms with van der Waals surface area (Å²) in [6, 6.07) is 0. The lowest BCUT2D eigenvalue weighted by atomic mass is 9.64. The molecule has 98 valence electrons. The lowest BCUT2D eigenvalue weighted by molar-refractivity contribution is -0.157. The average Bonchev–Trinajstić information content (AvgIpc) is 2.73. The molecule has 1 unspecified atom stereocenters. The standard InChI is InChI=1S/C14H24O3/c1-2-11(12(15)16)14(17)9-7-13(8-10-14)5-3-4-6-13/h11,17H,2-10H2,1H3,(H,15,16). The Kier molecular flexibility index (Phi) is 3.48. The fourth-order valence-corrected chi connectivity index (χ4v) is 3.97. The minimum atomic E-state index is -0.950. The third-order valence-corrected chi connectivity index (χ3v) is 5.20. The van der Waals surface area contributed by atoms with Gasteiger partial charge in [-0.05, 0) is 50.4 Å². The molecular formula is C14H24O3. The predicted octanol–water partition coefficient (Wildman–Crippen LogP) is 2.96. The van der Waals surface area contributed by atoms with Crippen molar-refractivity contribution in [1.82, 2.24) is 0 Å². The van der Waals surface area contributed by atoms with Gasteiger partial charge in [-0.15, -0.1) is 0 Å². The molecule has 17 heavy (non-hydrogen) atoms. The third kappa shape index (κ3) is 2.35. The number of hydrogen-bond acceptors (Lipinski definition) is 2. The zero-order valence-electron chi connectivity index (χ0n) is 10.7. The van der Waals surface area contributed by atoms with Crippen LogP contribution in [0.15, 0.2) is 0 Å². The molecule has 2 rings (SSSR count). The fraction of sp³-hybridized carbons (Fsp3) is 0.929. The Morgan fingerprint density at radius 3 is 2.06 bits per heavy atom. The summed E-state index contributed by atoms with van der Waals surface area (Å²) in [5, 5.41) is 19.8. The molecule has 2 aliphatic rings. The highest BCUT2D eigenvalue weighted by molar-refractivity contribution is 5.71. The van der Waals surface area contributed by atoms with Gasteiger partial charge in [-0.25, -0.2) is 0 Å². The number of aliphatic carboxylic acids is 1. The minimum absolute atomic E-state index is 0.447. The van der Waals surface area contributed by atoms with E-state index in [2.05, 4.69) is 0 Å². The van der Waals surface area contributed by atoms with Crippen molar-refractivity contribution in [1.29, 1.82) is 0 Å². The zero-order valence-corrected chi connectivity index (χ0v) is 10.7. The van der Waals surface area contributed by atoms with Gasteiger partial charge >= 0.3 is 5.97 Å². The molecule has 3 nitrogen and oxygen atoms in total. The van der Waals surface area contributed by atoms with Crippen molar-refractivity contribution < 1.29 is 15.0 Å². The molecular weight excluding hydrogens is 216 g/mol. The molecule has 0 radical (unpaired) electrons. The molecule has 2 fully saturated rings. The van der Waals surface area contributed by atoms with Crippen LogP contribution in [0.1, 0.15) is 64.7 Å². The summed E-state index contributed by atoms with van der Waals surface area (Å²) < 4.78 is 0. The summed E-state index contributed by atoms with van der Waals surface area (Å²) in [4.78, 5) is 11.2. The summed E-state index contributed by atoms with van der Waals surface area (Å²) in [7, 11) is 0. The number of aliphatic hydroxyl groups is 1. The first kappa shape index (κ1) is 12.9. The Bertz CT molecular complexity index is 282. The van der Waals surface area contributed by atoms with Gasteiger partial charge in [-0.1, -0.05) is 19.8 Å². The van der Waals surface area contributed by atoms with Crippen molar-refractivity contribution in [3.8, 4) is 0 Å². The number of carboxylic acids is 1. The molecule has 2 saturated carbocycles. The van der Waals surface area contributed by atoms with Crippen LogP contribution in [-0.4, -0.2) is 21.8 Å². The van der Waals surface area contributed by atoms with Crippen molar-refractivity contribution in [2.45, 2.75) is 70.3 Å². The van der Waals surface area contributed by atoms with E-state index in [0.29, 0.717) is 24.7 Å². The van der Waals surface area contributed by atoms with Crippen molar-refractivity contribution in [2.24, 2.45) is 11.3 Å². The summed E-state index contributed by atoms with van der Waals surface area (Å²) >= 11 is 0.